The number of amides is 1. The molecule has 116 valence electrons. The van der Waals surface area contributed by atoms with Gasteiger partial charge in [0.2, 0.25) is 0 Å². The minimum Gasteiger partial charge on any atom is -0.358 e. The number of H-pyrrole nitrogens is 1. The Kier molecular flexibility index (Phi) is 3.55. The molecule has 0 unspecified atom stereocenters. The van der Waals surface area contributed by atoms with Crippen molar-refractivity contribution in [1.29, 1.82) is 0 Å². The number of aromatic amines is 1. The van der Waals surface area contributed by atoms with Crippen LogP contribution in [0.5, 0.6) is 0 Å². The van der Waals surface area contributed by atoms with Gasteiger partial charge in [-0.25, -0.2) is 0 Å². The summed E-state index contributed by atoms with van der Waals surface area (Å²) in [4.78, 5) is 18.0. The Morgan fingerprint density at radius 1 is 1.09 bits per heavy atom. The van der Waals surface area contributed by atoms with Crippen molar-refractivity contribution in [3.63, 3.8) is 0 Å². The van der Waals surface area contributed by atoms with Crippen LogP contribution >= 0.6 is 23.2 Å². The SMILES string of the molecule is O=C(c1cccc(Cl)c1)N1CCc2[nH]c3cc(Cl)ccc3c2C1. The third kappa shape index (κ3) is 2.60. The lowest BCUT2D eigenvalue weighted by molar-refractivity contribution is 0.0735. The van der Waals surface area contributed by atoms with Gasteiger partial charge in [0.25, 0.3) is 5.91 Å². The van der Waals surface area contributed by atoms with Crippen molar-refractivity contribution in [2.45, 2.75) is 13.0 Å². The number of benzene rings is 2. The van der Waals surface area contributed by atoms with E-state index < -0.39 is 0 Å². The first-order chi connectivity index (χ1) is 11.1. The Morgan fingerprint density at radius 2 is 1.91 bits per heavy atom. The predicted octanol–water partition coefficient (Wildman–Crippen LogP) is 4.67. The first-order valence-electron chi connectivity index (χ1n) is 7.45. The summed E-state index contributed by atoms with van der Waals surface area (Å²) in [7, 11) is 0. The number of hydrogen-bond donors (Lipinski definition) is 1. The van der Waals surface area contributed by atoms with Crippen LogP contribution in [0.25, 0.3) is 10.9 Å². The highest BCUT2D eigenvalue weighted by molar-refractivity contribution is 6.31. The van der Waals surface area contributed by atoms with Crippen LogP contribution in [0.1, 0.15) is 21.6 Å². The fourth-order valence-corrected chi connectivity index (χ4v) is 3.53. The fourth-order valence-electron chi connectivity index (χ4n) is 3.17. The summed E-state index contributed by atoms with van der Waals surface area (Å²) in [5, 5.41) is 2.42. The van der Waals surface area contributed by atoms with Gasteiger partial charge in [0.15, 0.2) is 0 Å². The topological polar surface area (TPSA) is 36.1 Å². The Balaban J connectivity index is 1.68. The van der Waals surface area contributed by atoms with Crippen LogP contribution in [0.2, 0.25) is 10.0 Å². The van der Waals surface area contributed by atoms with Gasteiger partial charge >= 0.3 is 0 Å². The first-order valence-corrected chi connectivity index (χ1v) is 8.21. The van der Waals surface area contributed by atoms with E-state index in [0.29, 0.717) is 28.7 Å². The Bertz CT molecular complexity index is 917. The maximum absolute atomic E-state index is 12.7. The highest BCUT2D eigenvalue weighted by atomic mass is 35.5. The zero-order valence-electron chi connectivity index (χ0n) is 12.3. The molecular formula is C18H14Cl2N2O. The third-order valence-electron chi connectivity index (χ3n) is 4.30. The van der Waals surface area contributed by atoms with Gasteiger partial charge in [-0.05, 0) is 30.3 Å². The number of carbonyl (C=O) groups is 1. The molecule has 2 aromatic carbocycles. The second-order valence-electron chi connectivity index (χ2n) is 5.76. The van der Waals surface area contributed by atoms with Gasteiger partial charge in [-0.2, -0.15) is 0 Å². The molecule has 1 aliphatic heterocycles. The summed E-state index contributed by atoms with van der Waals surface area (Å²) >= 11 is 12.1. The minimum atomic E-state index is 0.0152. The molecule has 4 rings (SSSR count). The molecule has 3 aromatic rings. The summed E-state index contributed by atoms with van der Waals surface area (Å²) < 4.78 is 0. The van der Waals surface area contributed by atoms with Crippen LogP contribution in [-0.2, 0) is 13.0 Å². The maximum Gasteiger partial charge on any atom is 0.254 e. The molecule has 0 saturated carbocycles. The third-order valence-corrected chi connectivity index (χ3v) is 4.77. The molecule has 3 nitrogen and oxygen atoms in total. The lowest BCUT2D eigenvalue weighted by Gasteiger charge is -2.27. The van der Waals surface area contributed by atoms with Gasteiger partial charge in [-0.1, -0.05) is 35.3 Å². The molecule has 23 heavy (non-hydrogen) atoms. The van der Waals surface area contributed by atoms with Crippen molar-refractivity contribution in [2.24, 2.45) is 0 Å². The van der Waals surface area contributed by atoms with Crippen molar-refractivity contribution < 1.29 is 4.79 Å². The number of halogens is 2. The second kappa shape index (κ2) is 5.59. The van der Waals surface area contributed by atoms with Crippen molar-refractivity contribution in [3.8, 4) is 0 Å². The minimum absolute atomic E-state index is 0.0152. The van der Waals surface area contributed by atoms with E-state index in [-0.39, 0.29) is 5.91 Å². The normalized spacial score (nSPS) is 14.1. The highest BCUT2D eigenvalue weighted by Gasteiger charge is 2.24. The van der Waals surface area contributed by atoms with Crippen molar-refractivity contribution in [2.75, 3.05) is 6.54 Å². The van der Waals surface area contributed by atoms with Gasteiger partial charge in [-0.3, -0.25) is 4.79 Å². The molecule has 1 amide bonds. The number of aromatic nitrogens is 1. The Labute approximate surface area is 143 Å². The van der Waals surface area contributed by atoms with E-state index >= 15 is 0 Å². The molecule has 2 heterocycles. The van der Waals surface area contributed by atoms with E-state index in [4.69, 9.17) is 23.2 Å². The molecule has 0 spiro atoms. The van der Waals surface area contributed by atoms with E-state index in [1.807, 2.05) is 23.1 Å². The number of nitrogens with zero attached hydrogens (tertiary/aromatic N) is 1. The molecule has 0 fully saturated rings. The van der Waals surface area contributed by atoms with Crippen molar-refractivity contribution in [3.05, 3.63) is 69.3 Å². The summed E-state index contributed by atoms with van der Waals surface area (Å²) in [6.07, 6.45) is 0.813. The van der Waals surface area contributed by atoms with Crippen LogP contribution in [0, 0.1) is 0 Å². The summed E-state index contributed by atoms with van der Waals surface area (Å²) in [6.45, 7) is 1.29. The zero-order chi connectivity index (χ0) is 16.0. The lowest BCUT2D eigenvalue weighted by Crippen LogP contribution is -2.35. The maximum atomic E-state index is 12.7. The number of hydrogen-bond acceptors (Lipinski definition) is 1. The quantitative estimate of drug-likeness (QED) is 0.683. The number of rotatable bonds is 1. The van der Waals surface area contributed by atoms with Gasteiger partial charge in [0.1, 0.15) is 0 Å². The number of fused-ring (bicyclic) bond motifs is 3. The molecular weight excluding hydrogens is 331 g/mol. The first kappa shape index (κ1) is 14.6. The smallest absolute Gasteiger partial charge is 0.254 e. The van der Waals surface area contributed by atoms with Crippen LogP contribution in [0.3, 0.4) is 0 Å². The second-order valence-corrected chi connectivity index (χ2v) is 6.63. The van der Waals surface area contributed by atoms with E-state index in [2.05, 4.69) is 4.98 Å². The van der Waals surface area contributed by atoms with E-state index in [0.717, 1.165) is 17.3 Å². The van der Waals surface area contributed by atoms with Crippen LogP contribution in [0.15, 0.2) is 42.5 Å². The lowest BCUT2D eigenvalue weighted by atomic mass is 10.0. The monoisotopic (exact) mass is 344 g/mol. The van der Waals surface area contributed by atoms with Gasteiger partial charge in [0, 0.05) is 57.3 Å². The molecule has 0 radical (unpaired) electrons. The number of nitrogens with one attached hydrogen (secondary N) is 1. The molecule has 1 aromatic heterocycles. The van der Waals surface area contributed by atoms with E-state index in [1.165, 1.54) is 11.3 Å². The van der Waals surface area contributed by atoms with Crippen LogP contribution < -0.4 is 0 Å². The summed E-state index contributed by atoms with van der Waals surface area (Å²) in [5.41, 5.74) is 4.03. The molecule has 0 bridgehead atoms. The molecule has 1 aliphatic rings. The number of carbonyl (C=O) groups excluding carboxylic acids is 1. The molecule has 0 atom stereocenters. The van der Waals surface area contributed by atoms with E-state index in [9.17, 15) is 4.79 Å². The molecule has 0 saturated heterocycles. The van der Waals surface area contributed by atoms with Gasteiger partial charge < -0.3 is 9.88 Å². The predicted molar refractivity (Wildman–Crippen MR) is 93.2 cm³/mol. The molecule has 0 aliphatic carbocycles. The average molecular weight is 345 g/mol. The molecule has 1 N–H and O–H groups in total. The largest absolute Gasteiger partial charge is 0.358 e. The standard InChI is InChI=1S/C18H14Cl2N2O/c19-12-3-1-2-11(8-12)18(23)22-7-6-16-15(10-22)14-5-4-13(20)9-17(14)21-16/h1-5,8-9,21H,6-7,10H2. The zero-order valence-corrected chi connectivity index (χ0v) is 13.8. The van der Waals surface area contributed by atoms with Crippen molar-refractivity contribution in [1.82, 2.24) is 9.88 Å². The Hall–Kier alpha value is -1.97. The molecule has 5 heteroatoms. The van der Waals surface area contributed by atoms with Crippen LogP contribution in [0.4, 0.5) is 0 Å². The highest BCUT2D eigenvalue weighted by Crippen LogP contribution is 2.30. The average Bonchev–Trinajstić information content (AvgIpc) is 2.90. The van der Waals surface area contributed by atoms with Gasteiger partial charge in [0.05, 0.1) is 0 Å². The Morgan fingerprint density at radius 3 is 2.74 bits per heavy atom. The summed E-state index contributed by atoms with van der Waals surface area (Å²) in [5.74, 6) is 0.0152. The van der Waals surface area contributed by atoms with Gasteiger partial charge in [-0.15, -0.1) is 0 Å². The summed E-state index contributed by atoms with van der Waals surface area (Å²) in [6, 6.07) is 12.9. The fraction of sp³-hybridized carbons (Fsp3) is 0.167. The van der Waals surface area contributed by atoms with E-state index in [1.54, 1.807) is 24.3 Å². The van der Waals surface area contributed by atoms with Crippen LogP contribution in [-0.4, -0.2) is 22.3 Å². The van der Waals surface area contributed by atoms with Crippen molar-refractivity contribution >= 4 is 40.0 Å².